The molecule has 0 aliphatic carbocycles. The van der Waals surface area contributed by atoms with Crippen LogP contribution in [-0.4, -0.2) is 46.4 Å². The molecule has 2 N–H and O–H groups in total. The molecule has 1 amide bonds. The van der Waals surface area contributed by atoms with Gasteiger partial charge in [0, 0.05) is 12.6 Å². The van der Waals surface area contributed by atoms with Gasteiger partial charge >= 0.3 is 0 Å². The van der Waals surface area contributed by atoms with E-state index in [2.05, 4.69) is 15.5 Å². The molecular weight excluding hydrogens is 324 g/mol. The number of β-amino-alcohol motifs (C(OH)–C–C–N with tert-alkyl or cyclic N) is 1. The van der Waals surface area contributed by atoms with Gasteiger partial charge < -0.3 is 24.3 Å². The summed E-state index contributed by atoms with van der Waals surface area (Å²) >= 11 is 0. The van der Waals surface area contributed by atoms with Crippen molar-refractivity contribution in [3.05, 3.63) is 41.8 Å². The highest BCUT2D eigenvalue weighted by atomic mass is 16.5. The number of rotatable bonds is 3. The van der Waals surface area contributed by atoms with Gasteiger partial charge in [0.15, 0.2) is 11.3 Å². The molecule has 1 aliphatic rings. The van der Waals surface area contributed by atoms with E-state index in [1.165, 1.54) is 0 Å². The summed E-state index contributed by atoms with van der Waals surface area (Å²) < 4.78 is 10.6. The smallest absolute Gasteiger partial charge is 0.298 e. The standard InChI is InChI=1S/C17H18N4O4/c1-10-8-13(20-25-10)16(23)18-11-6-7-21(9-14(11)22)17-19-12-4-2-3-5-15(12)24-17/h2-5,8,11,14,22H,6-7,9H2,1H3,(H,18,23)/t11-,14-/m1/s1. The molecule has 0 radical (unpaired) electrons. The lowest BCUT2D eigenvalue weighted by molar-refractivity contribution is 0.0786. The Morgan fingerprint density at radius 1 is 1.40 bits per heavy atom. The van der Waals surface area contributed by atoms with Crippen LogP contribution in [-0.2, 0) is 0 Å². The molecule has 8 heteroatoms. The van der Waals surface area contributed by atoms with Gasteiger partial charge in [0.2, 0.25) is 0 Å². The summed E-state index contributed by atoms with van der Waals surface area (Å²) in [5, 5.41) is 16.9. The molecule has 0 spiro atoms. The number of aliphatic hydroxyl groups excluding tert-OH is 1. The van der Waals surface area contributed by atoms with Crippen LogP contribution in [0, 0.1) is 6.92 Å². The number of fused-ring (bicyclic) bond motifs is 1. The van der Waals surface area contributed by atoms with Crippen LogP contribution in [0.5, 0.6) is 0 Å². The quantitative estimate of drug-likeness (QED) is 0.743. The Morgan fingerprint density at radius 2 is 2.24 bits per heavy atom. The van der Waals surface area contributed by atoms with Crippen molar-refractivity contribution in [2.24, 2.45) is 0 Å². The molecule has 3 heterocycles. The van der Waals surface area contributed by atoms with Crippen molar-refractivity contribution < 1.29 is 18.8 Å². The molecule has 130 valence electrons. The minimum atomic E-state index is -0.735. The van der Waals surface area contributed by atoms with Crippen LogP contribution >= 0.6 is 0 Å². The molecule has 25 heavy (non-hydrogen) atoms. The Balaban J connectivity index is 1.42. The molecule has 1 aromatic carbocycles. The summed E-state index contributed by atoms with van der Waals surface area (Å²) in [6.07, 6.45) is -0.164. The second kappa shape index (κ2) is 6.21. The zero-order chi connectivity index (χ0) is 17.4. The van der Waals surface area contributed by atoms with E-state index in [4.69, 9.17) is 8.94 Å². The summed E-state index contributed by atoms with van der Waals surface area (Å²) in [6.45, 7) is 2.67. The fourth-order valence-electron chi connectivity index (χ4n) is 2.98. The van der Waals surface area contributed by atoms with Crippen LogP contribution in [0.1, 0.15) is 22.7 Å². The van der Waals surface area contributed by atoms with Crippen LogP contribution in [0.3, 0.4) is 0 Å². The van der Waals surface area contributed by atoms with Crippen molar-refractivity contribution in [2.75, 3.05) is 18.0 Å². The summed E-state index contributed by atoms with van der Waals surface area (Å²) in [5.41, 5.74) is 1.71. The lowest BCUT2D eigenvalue weighted by atomic mass is 10.0. The van der Waals surface area contributed by atoms with Crippen molar-refractivity contribution in [1.82, 2.24) is 15.5 Å². The van der Waals surface area contributed by atoms with E-state index >= 15 is 0 Å². The number of piperidine rings is 1. The number of nitrogens with one attached hydrogen (secondary N) is 1. The molecule has 0 saturated carbocycles. The monoisotopic (exact) mass is 342 g/mol. The molecule has 1 fully saturated rings. The average molecular weight is 342 g/mol. The first-order chi connectivity index (χ1) is 12.1. The van der Waals surface area contributed by atoms with Gasteiger partial charge in [0.1, 0.15) is 11.3 Å². The topological polar surface area (TPSA) is 105 Å². The van der Waals surface area contributed by atoms with Gasteiger partial charge in [-0.3, -0.25) is 4.79 Å². The van der Waals surface area contributed by atoms with E-state index in [0.29, 0.717) is 36.9 Å². The molecule has 2 atom stereocenters. The van der Waals surface area contributed by atoms with E-state index < -0.39 is 6.10 Å². The molecular formula is C17H18N4O4. The van der Waals surface area contributed by atoms with E-state index in [1.54, 1.807) is 13.0 Å². The summed E-state index contributed by atoms with van der Waals surface area (Å²) in [7, 11) is 0. The Labute approximate surface area is 143 Å². The van der Waals surface area contributed by atoms with Gasteiger partial charge in [-0.05, 0) is 25.5 Å². The van der Waals surface area contributed by atoms with E-state index in [9.17, 15) is 9.90 Å². The molecule has 8 nitrogen and oxygen atoms in total. The second-order valence-corrected chi connectivity index (χ2v) is 6.17. The average Bonchev–Trinajstić information content (AvgIpc) is 3.22. The fourth-order valence-corrected chi connectivity index (χ4v) is 2.98. The Bertz CT molecular complexity index is 870. The highest BCUT2D eigenvalue weighted by Crippen LogP contribution is 2.24. The number of nitrogens with zero attached hydrogens (tertiary/aromatic N) is 3. The van der Waals surface area contributed by atoms with Gasteiger partial charge in [0.05, 0.1) is 18.7 Å². The zero-order valence-electron chi connectivity index (χ0n) is 13.7. The number of carbonyl (C=O) groups excluding carboxylic acids is 1. The number of para-hydroxylation sites is 2. The largest absolute Gasteiger partial charge is 0.423 e. The van der Waals surface area contributed by atoms with E-state index in [1.807, 2.05) is 29.2 Å². The first-order valence-electron chi connectivity index (χ1n) is 8.13. The van der Waals surface area contributed by atoms with Crippen molar-refractivity contribution in [1.29, 1.82) is 0 Å². The van der Waals surface area contributed by atoms with Gasteiger partial charge in [-0.1, -0.05) is 17.3 Å². The lowest BCUT2D eigenvalue weighted by Gasteiger charge is -2.35. The van der Waals surface area contributed by atoms with Crippen molar-refractivity contribution in [3.8, 4) is 0 Å². The normalized spacial score (nSPS) is 20.8. The van der Waals surface area contributed by atoms with Crippen molar-refractivity contribution >= 4 is 23.0 Å². The first kappa shape index (κ1) is 15.6. The van der Waals surface area contributed by atoms with E-state index in [0.717, 1.165) is 5.52 Å². The molecule has 1 saturated heterocycles. The number of hydrogen-bond donors (Lipinski definition) is 2. The molecule has 0 bridgehead atoms. The highest BCUT2D eigenvalue weighted by molar-refractivity contribution is 5.92. The third-order valence-electron chi connectivity index (χ3n) is 4.31. The van der Waals surface area contributed by atoms with Gasteiger partial charge in [-0.2, -0.15) is 4.98 Å². The third kappa shape index (κ3) is 3.08. The van der Waals surface area contributed by atoms with Crippen LogP contribution in [0.15, 0.2) is 39.3 Å². The van der Waals surface area contributed by atoms with Crippen LogP contribution in [0.25, 0.3) is 11.1 Å². The number of benzene rings is 1. The first-order valence-corrected chi connectivity index (χ1v) is 8.13. The summed E-state index contributed by atoms with van der Waals surface area (Å²) in [4.78, 5) is 18.5. The predicted molar refractivity (Wildman–Crippen MR) is 89.3 cm³/mol. The van der Waals surface area contributed by atoms with Gasteiger partial charge in [0.25, 0.3) is 11.9 Å². The number of anilines is 1. The third-order valence-corrected chi connectivity index (χ3v) is 4.31. The molecule has 0 unspecified atom stereocenters. The minimum absolute atomic E-state index is 0.214. The number of carbonyl (C=O) groups is 1. The highest BCUT2D eigenvalue weighted by Gasteiger charge is 2.31. The SMILES string of the molecule is Cc1cc(C(=O)N[C@@H]2CCN(c3nc4ccccc4o3)C[C@H]2O)no1. The van der Waals surface area contributed by atoms with Gasteiger partial charge in [-0.15, -0.1) is 0 Å². The van der Waals surface area contributed by atoms with Gasteiger partial charge in [-0.25, -0.2) is 0 Å². The summed E-state index contributed by atoms with van der Waals surface area (Å²) in [5.74, 6) is 0.215. The van der Waals surface area contributed by atoms with Crippen LogP contribution in [0.2, 0.25) is 0 Å². The summed E-state index contributed by atoms with van der Waals surface area (Å²) in [6, 6.07) is 9.22. The fraction of sp³-hybridized carbons (Fsp3) is 0.353. The molecule has 4 rings (SSSR count). The van der Waals surface area contributed by atoms with E-state index in [-0.39, 0.29) is 17.6 Å². The maximum Gasteiger partial charge on any atom is 0.298 e. The molecule has 1 aliphatic heterocycles. The maximum absolute atomic E-state index is 12.2. The maximum atomic E-state index is 12.2. The van der Waals surface area contributed by atoms with Crippen molar-refractivity contribution in [3.63, 3.8) is 0 Å². The Morgan fingerprint density at radius 3 is 2.96 bits per heavy atom. The number of aliphatic hydroxyl groups is 1. The van der Waals surface area contributed by atoms with Crippen LogP contribution < -0.4 is 10.2 Å². The Hall–Kier alpha value is -2.87. The van der Waals surface area contributed by atoms with Crippen molar-refractivity contribution in [2.45, 2.75) is 25.5 Å². The second-order valence-electron chi connectivity index (χ2n) is 6.17. The number of amides is 1. The Kier molecular flexibility index (Phi) is 3.89. The number of aryl methyl sites for hydroxylation is 1. The number of hydrogen-bond acceptors (Lipinski definition) is 7. The molecule has 3 aromatic rings. The lowest BCUT2D eigenvalue weighted by Crippen LogP contribution is -2.54. The zero-order valence-corrected chi connectivity index (χ0v) is 13.7. The predicted octanol–water partition coefficient (Wildman–Crippen LogP) is 1.49. The van der Waals surface area contributed by atoms with Crippen LogP contribution in [0.4, 0.5) is 6.01 Å². The number of aromatic nitrogens is 2. The minimum Gasteiger partial charge on any atom is -0.423 e. The molecule has 2 aromatic heterocycles. The number of oxazole rings is 1.